The first kappa shape index (κ1) is 14.2. The Morgan fingerprint density at radius 2 is 2.32 bits per heavy atom. The van der Waals surface area contributed by atoms with Crippen LogP contribution in [0.1, 0.15) is 6.92 Å². The molecule has 104 valence electrons. The summed E-state index contributed by atoms with van der Waals surface area (Å²) in [7, 11) is 0. The molecule has 1 aromatic carbocycles. The molecule has 1 aliphatic rings. The van der Waals surface area contributed by atoms with Crippen LogP contribution >= 0.6 is 15.9 Å². The molecule has 1 fully saturated rings. The minimum Gasteiger partial charge on any atom is -0.394 e. The third kappa shape index (κ3) is 3.23. The standard InChI is InChI=1S/C12H15BrN2O4/c1-8-5-14(6-10(7-16)19-8)11-3-2-9(13)4-12(11)15(17)18/h2-4,8,10,16H,5-7H2,1H3. The van der Waals surface area contributed by atoms with Crippen LogP contribution in [0.4, 0.5) is 11.4 Å². The molecule has 0 saturated carbocycles. The van der Waals surface area contributed by atoms with Crippen molar-refractivity contribution in [3.63, 3.8) is 0 Å². The first-order valence-electron chi connectivity index (χ1n) is 5.96. The lowest BCUT2D eigenvalue weighted by molar-refractivity contribution is -0.384. The number of aliphatic hydroxyl groups excluding tert-OH is 1. The van der Waals surface area contributed by atoms with E-state index in [1.807, 2.05) is 11.8 Å². The van der Waals surface area contributed by atoms with Gasteiger partial charge in [-0.2, -0.15) is 0 Å². The quantitative estimate of drug-likeness (QED) is 0.677. The Morgan fingerprint density at radius 3 is 2.95 bits per heavy atom. The van der Waals surface area contributed by atoms with Gasteiger partial charge in [-0.05, 0) is 19.1 Å². The lowest BCUT2D eigenvalue weighted by Crippen LogP contribution is -2.48. The fourth-order valence-electron chi connectivity index (χ4n) is 2.25. The molecule has 6 nitrogen and oxygen atoms in total. The number of nitrogens with zero attached hydrogens (tertiary/aromatic N) is 2. The van der Waals surface area contributed by atoms with Crippen LogP contribution in [0.2, 0.25) is 0 Å². The first-order chi connectivity index (χ1) is 9.01. The molecule has 1 aromatic rings. The second-order valence-corrected chi connectivity index (χ2v) is 5.46. The van der Waals surface area contributed by atoms with Crippen molar-refractivity contribution in [1.29, 1.82) is 0 Å². The minimum atomic E-state index is -0.395. The van der Waals surface area contributed by atoms with E-state index in [9.17, 15) is 15.2 Å². The number of benzene rings is 1. The average Bonchev–Trinajstić information content (AvgIpc) is 2.37. The molecule has 0 amide bonds. The number of halogens is 1. The molecule has 0 bridgehead atoms. The van der Waals surface area contributed by atoms with Crippen molar-refractivity contribution in [2.75, 3.05) is 24.6 Å². The van der Waals surface area contributed by atoms with Crippen LogP contribution in [-0.2, 0) is 4.74 Å². The van der Waals surface area contributed by atoms with Gasteiger partial charge in [0.2, 0.25) is 0 Å². The second-order valence-electron chi connectivity index (χ2n) is 4.55. The molecule has 2 unspecified atom stereocenters. The number of morpholine rings is 1. The van der Waals surface area contributed by atoms with E-state index in [0.29, 0.717) is 23.2 Å². The molecule has 1 aliphatic heterocycles. The van der Waals surface area contributed by atoms with Crippen LogP contribution < -0.4 is 4.90 Å². The molecule has 1 heterocycles. The van der Waals surface area contributed by atoms with E-state index < -0.39 is 4.92 Å². The highest BCUT2D eigenvalue weighted by Crippen LogP contribution is 2.32. The lowest BCUT2D eigenvalue weighted by Gasteiger charge is -2.37. The summed E-state index contributed by atoms with van der Waals surface area (Å²) in [6.07, 6.45) is -0.388. The maximum absolute atomic E-state index is 11.1. The maximum atomic E-state index is 11.1. The number of aliphatic hydroxyl groups is 1. The summed E-state index contributed by atoms with van der Waals surface area (Å²) in [4.78, 5) is 12.6. The summed E-state index contributed by atoms with van der Waals surface area (Å²) in [5.41, 5.74) is 0.613. The largest absolute Gasteiger partial charge is 0.394 e. The molecule has 0 aromatic heterocycles. The maximum Gasteiger partial charge on any atom is 0.293 e. The molecule has 2 atom stereocenters. The van der Waals surface area contributed by atoms with Gasteiger partial charge in [-0.15, -0.1) is 0 Å². The molecule has 0 spiro atoms. The number of hydrogen-bond acceptors (Lipinski definition) is 5. The van der Waals surface area contributed by atoms with Crippen molar-refractivity contribution >= 4 is 27.3 Å². The average molecular weight is 331 g/mol. The van der Waals surface area contributed by atoms with Gasteiger partial charge in [0, 0.05) is 23.6 Å². The van der Waals surface area contributed by atoms with Gasteiger partial charge in [0.25, 0.3) is 5.69 Å². The van der Waals surface area contributed by atoms with E-state index in [-0.39, 0.29) is 24.5 Å². The van der Waals surface area contributed by atoms with Gasteiger partial charge >= 0.3 is 0 Å². The molecule has 1 saturated heterocycles. The lowest BCUT2D eigenvalue weighted by atomic mass is 10.1. The van der Waals surface area contributed by atoms with Crippen molar-refractivity contribution in [2.45, 2.75) is 19.1 Å². The van der Waals surface area contributed by atoms with Gasteiger partial charge in [0.15, 0.2) is 0 Å². The highest BCUT2D eigenvalue weighted by molar-refractivity contribution is 9.10. The monoisotopic (exact) mass is 330 g/mol. The zero-order chi connectivity index (χ0) is 14.0. The van der Waals surface area contributed by atoms with Crippen LogP contribution in [0.15, 0.2) is 22.7 Å². The van der Waals surface area contributed by atoms with Crippen LogP contribution in [0.5, 0.6) is 0 Å². The van der Waals surface area contributed by atoms with E-state index in [0.717, 1.165) is 0 Å². The third-order valence-corrected chi connectivity index (χ3v) is 3.50. The number of nitro groups is 1. The van der Waals surface area contributed by atoms with Gasteiger partial charge in [-0.25, -0.2) is 0 Å². The fraction of sp³-hybridized carbons (Fsp3) is 0.500. The van der Waals surface area contributed by atoms with Crippen molar-refractivity contribution in [1.82, 2.24) is 0 Å². The molecular formula is C12H15BrN2O4. The first-order valence-corrected chi connectivity index (χ1v) is 6.75. The zero-order valence-electron chi connectivity index (χ0n) is 10.5. The predicted octanol–water partition coefficient (Wildman–Crippen LogP) is 1.94. The number of ether oxygens (including phenoxy) is 1. The minimum absolute atomic E-state index is 0.0557. The van der Waals surface area contributed by atoms with Crippen molar-refractivity contribution in [2.24, 2.45) is 0 Å². The van der Waals surface area contributed by atoms with Gasteiger partial charge in [-0.3, -0.25) is 10.1 Å². The fourth-order valence-corrected chi connectivity index (χ4v) is 2.60. The zero-order valence-corrected chi connectivity index (χ0v) is 12.0. The van der Waals surface area contributed by atoms with Crippen LogP contribution in [-0.4, -0.2) is 41.9 Å². The van der Waals surface area contributed by atoms with Crippen LogP contribution in [0.25, 0.3) is 0 Å². The van der Waals surface area contributed by atoms with E-state index in [1.165, 1.54) is 6.07 Å². The Labute approximate surface area is 119 Å². The number of hydrogen-bond donors (Lipinski definition) is 1. The normalized spacial score (nSPS) is 23.4. The molecule has 7 heteroatoms. The van der Waals surface area contributed by atoms with E-state index in [1.54, 1.807) is 12.1 Å². The Hall–Kier alpha value is -1.18. The second kappa shape index (κ2) is 5.85. The number of anilines is 1. The molecule has 0 radical (unpaired) electrons. The van der Waals surface area contributed by atoms with Gasteiger partial charge in [0.1, 0.15) is 5.69 Å². The predicted molar refractivity (Wildman–Crippen MR) is 74.4 cm³/mol. The topological polar surface area (TPSA) is 75.8 Å². The highest BCUT2D eigenvalue weighted by Gasteiger charge is 2.29. The summed E-state index contributed by atoms with van der Waals surface area (Å²) >= 11 is 3.24. The van der Waals surface area contributed by atoms with Crippen molar-refractivity contribution in [3.05, 3.63) is 32.8 Å². The van der Waals surface area contributed by atoms with Gasteiger partial charge < -0.3 is 14.7 Å². The van der Waals surface area contributed by atoms with Gasteiger partial charge in [-0.1, -0.05) is 15.9 Å². The molecule has 0 aliphatic carbocycles. The van der Waals surface area contributed by atoms with E-state index >= 15 is 0 Å². The third-order valence-electron chi connectivity index (χ3n) is 3.00. The Morgan fingerprint density at radius 1 is 1.58 bits per heavy atom. The summed E-state index contributed by atoms with van der Waals surface area (Å²) in [5, 5.41) is 20.3. The van der Waals surface area contributed by atoms with Crippen LogP contribution in [0, 0.1) is 10.1 Å². The molecule has 19 heavy (non-hydrogen) atoms. The summed E-state index contributed by atoms with van der Waals surface area (Å²) in [6, 6.07) is 4.98. The highest BCUT2D eigenvalue weighted by atomic mass is 79.9. The van der Waals surface area contributed by atoms with E-state index in [4.69, 9.17) is 4.74 Å². The summed E-state index contributed by atoms with van der Waals surface area (Å²) < 4.78 is 6.21. The van der Waals surface area contributed by atoms with Gasteiger partial charge in [0.05, 0.1) is 23.7 Å². The van der Waals surface area contributed by atoms with Crippen molar-refractivity contribution < 1.29 is 14.8 Å². The number of rotatable bonds is 3. The Kier molecular flexibility index (Phi) is 4.38. The van der Waals surface area contributed by atoms with Crippen molar-refractivity contribution in [3.8, 4) is 0 Å². The molecule has 2 rings (SSSR count). The summed E-state index contributed by atoms with van der Waals surface area (Å²) in [6.45, 7) is 2.81. The molecule has 1 N–H and O–H groups in total. The summed E-state index contributed by atoms with van der Waals surface area (Å²) in [5.74, 6) is 0. The Bertz CT molecular complexity index is 483. The number of nitro benzene ring substituents is 1. The molecular weight excluding hydrogens is 316 g/mol. The Balaban J connectivity index is 2.32. The van der Waals surface area contributed by atoms with Crippen LogP contribution in [0.3, 0.4) is 0 Å². The van der Waals surface area contributed by atoms with E-state index in [2.05, 4.69) is 15.9 Å². The SMILES string of the molecule is CC1CN(c2ccc(Br)cc2[N+](=O)[O-])CC(CO)O1. The smallest absolute Gasteiger partial charge is 0.293 e.